The summed E-state index contributed by atoms with van der Waals surface area (Å²) in [5, 5.41) is 3.26. The lowest BCUT2D eigenvalue weighted by Gasteiger charge is -2.04. The van der Waals surface area contributed by atoms with Crippen LogP contribution in [-0.2, 0) is 14.6 Å². The minimum absolute atomic E-state index is 0.0413. The Morgan fingerprint density at radius 2 is 1.91 bits per heavy atom. The van der Waals surface area contributed by atoms with E-state index in [2.05, 4.69) is 10.3 Å². The first-order valence-electron chi connectivity index (χ1n) is 6.90. The highest BCUT2D eigenvalue weighted by Gasteiger charge is 2.15. The van der Waals surface area contributed by atoms with Gasteiger partial charge in [0.2, 0.25) is 5.91 Å². The minimum atomic E-state index is -3.32. The summed E-state index contributed by atoms with van der Waals surface area (Å²) >= 11 is 1.42. The first kappa shape index (κ1) is 16.6. The maximum absolute atomic E-state index is 12.1. The summed E-state index contributed by atoms with van der Waals surface area (Å²) in [6, 6.07) is 8.27. The van der Waals surface area contributed by atoms with Gasteiger partial charge in [0.05, 0.1) is 16.3 Å². The topological polar surface area (TPSA) is 76.1 Å². The number of nitrogens with zero attached hydrogens (tertiary/aromatic N) is 1. The van der Waals surface area contributed by atoms with Crippen LogP contribution < -0.4 is 5.32 Å². The van der Waals surface area contributed by atoms with E-state index in [9.17, 15) is 13.2 Å². The Bertz CT molecular complexity index is 733. The van der Waals surface area contributed by atoms with Gasteiger partial charge >= 0.3 is 0 Å². The van der Waals surface area contributed by atoms with E-state index in [1.807, 2.05) is 13.8 Å². The van der Waals surface area contributed by atoms with Gasteiger partial charge in [0.1, 0.15) is 0 Å². The fourth-order valence-corrected chi connectivity index (χ4v) is 4.04. The third-order valence-electron chi connectivity index (χ3n) is 3.19. The number of hydrogen-bond acceptors (Lipinski definition) is 5. The van der Waals surface area contributed by atoms with Gasteiger partial charge in [0.25, 0.3) is 0 Å². The number of benzene rings is 1. The number of carbonyl (C=O) groups is 1. The predicted octanol–water partition coefficient (Wildman–Crippen LogP) is 2.95. The molecule has 0 aliphatic carbocycles. The predicted molar refractivity (Wildman–Crippen MR) is 87.9 cm³/mol. The van der Waals surface area contributed by atoms with E-state index in [0.717, 1.165) is 10.6 Å². The largest absolute Gasteiger partial charge is 0.302 e. The second kappa shape index (κ2) is 7.02. The molecule has 1 amide bonds. The van der Waals surface area contributed by atoms with Crippen molar-refractivity contribution in [3.8, 4) is 0 Å². The van der Waals surface area contributed by atoms with Gasteiger partial charge in [-0.25, -0.2) is 13.4 Å². The van der Waals surface area contributed by atoms with Crippen LogP contribution in [-0.4, -0.2) is 25.1 Å². The van der Waals surface area contributed by atoms with Crippen molar-refractivity contribution in [2.75, 3.05) is 11.1 Å². The normalized spacial score (nSPS) is 11.4. The van der Waals surface area contributed by atoms with Crippen molar-refractivity contribution in [3.63, 3.8) is 0 Å². The summed E-state index contributed by atoms with van der Waals surface area (Å²) < 4.78 is 24.2. The number of thiazole rings is 1. The Morgan fingerprint density at radius 3 is 2.50 bits per heavy atom. The monoisotopic (exact) mass is 338 g/mol. The number of amides is 1. The number of rotatable bonds is 6. The molecule has 7 heteroatoms. The summed E-state index contributed by atoms with van der Waals surface area (Å²) in [7, 11) is -3.32. The fourth-order valence-electron chi connectivity index (χ4n) is 1.88. The maximum atomic E-state index is 12.1. The Hall–Kier alpha value is -1.73. The van der Waals surface area contributed by atoms with Gasteiger partial charge in [-0.15, -0.1) is 11.3 Å². The second-order valence-electron chi connectivity index (χ2n) is 4.94. The summed E-state index contributed by atoms with van der Waals surface area (Å²) in [5.74, 6) is -0.252. The second-order valence-corrected chi connectivity index (χ2v) is 8.26. The molecule has 2 aromatic rings. The molecule has 0 saturated heterocycles. The molecule has 0 atom stereocenters. The van der Waals surface area contributed by atoms with Crippen LogP contribution in [0.15, 0.2) is 35.2 Å². The molecule has 0 fully saturated rings. The number of sulfone groups is 1. The molecule has 22 heavy (non-hydrogen) atoms. The maximum Gasteiger partial charge on any atom is 0.226 e. The molecule has 0 unspecified atom stereocenters. The average molecular weight is 338 g/mol. The van der Waals surface area contributed by atoms with Crippen LogP contribution in [0.3, 0.4) is 0 Å². The number of hydrogen-bond donors (Lipinski definition) is 1. The lowest BCUT2D eigenvalue weighted by Crippen LogP contribution is -2.14. The molecule has 0 spiro atoms. The van der Waals surface area contributed by atoms with Crippen molar-refractivity contribution in [1.29, 1.82) is 0 Å². The lowest BCUT2D eigenvalue weighted by molar-refractivity contribution is -0.116. The Balaban J connectivity index is 1.84. The zero-order chi connectivity index (χ0) is 16.2. The highest BCUT2D eigenvalue weighted by atomic mass is 32.2. The third kappa shape index (κ3) is 4.38. The molecule has 1 aromatic carbocycles. The van der Waals surface area contributed by atoms with Gasteiger partial charge in [-0.3, -0.25) is 4.79 Å². The highest BCUT2D eigenvalue weighted by molar-refractivity contribution is 7.91. The zero-order valence-corrected chi connectivity index (χ0v) is 14.1. The smallest absolute Gasteiger partial charge is 0.226 e. The molecule has 2 rings (SSSR count). The molecule has 0 radical (unpaired) electrons. The molecule has 1 heterocycles. The lowest BCUT2D eigenvalue weighted by atomic mass is 10.3. The molecule has 1 aromatic heterocycles. The van der Waals surface area contributed by atoms with Gasteiger partial charge in [-0.05, 0) is 32.4 Å². The van der Waals surface area contributed by atoms with Crippen LogP contribution in [0.5, 0.6) is 0 Å². The van der Waals surface area contributed by atoms with Crippen LogP contribution in [0, 0.1) is 13.8 Å². The Morgan fingerprint density at radius 1 is 1.23 bits per heavy atom. The summed E-state index contributed by atoms with van der Waals surface area (Å²) in [4.78, 5) is 17.4. The van der Waals surface area contributed by atoms with Crippen molar-refractivity contribution in [3.05, 3.63) is 40.9 Å². The number of nitrogens with one attached hydrogen (secondary N) is 1. The van der Waals surface area contributed by atoms with E-state index < -0.39 is 9.84 Å². The Labute approximate surface area is 134 Å². The quantitative estimate of drug-likeness (QED) is 0.878. The number of carbonyl (C=O) groups excluding carboxylic acids is 1. The average Bonchev–Trinajstić information content (AvgIpc) is 2.78. The molecular formula is C15H18N2O3S2. The van der Waals surface area contributed by atoms with Crippen LogP contribution >= 0.6 is 11.3 Å². The number of anilines is 1. The zero-order valence-electron chi connectivity index (χ0n) is 12.5. The molecule has 1 N–H and O–H groups in total. The van der Waals surface area contributed by atoms with Crippen molar-refractivity contribution in [1.82, 2.24) is 4.98 Å². The highest BCUT2D eigenvalue weighted by Crippen LogP contribution is 2.21. The van der Waals surface area contributed by atoms with Gasteiger partial charge in [0, 0.05) is 11.3 Å². The van der Waals surface area contributed by atoms with E-state index in [-0.39, 0.29) is 24.5 Å². The van der Waals surface area contributed by atoms with E-state index in [4.69, 9.17) is 0 Å². The molecule has 0 aliphatic rings. The summed E-state index contributed by atoms with van der Waals surface area (Å²) in [5.41, 5.74) is 0.895. The van der Waals surface area contributed by atoms with Crippen molar-refractivity contribution in [2.45, 2.75) is 31.6 Å². The van der Waals surface area contributed by atoms with Gasteiger partial charge < -0.3 is 5.32 Å². The number of aromatic nitrogens is 1. The van der Waals surface area contributed by atoms with Gasteiger partial charge in [-0.1, -0.05) is 18.2 Å². The van der Waals surface area contributed by atoms with Crippen LogP contribution in [0.1, 0.15) is 23.4 Å². The molecular weight excluding hydrogens is 320 g/mol. The molecule has 5 nitrogen and oxygen atoms in total. The van der Waals surface area contributed by atoms with Crippen LogP contribution in [0.2, 0.25) is 0 Å². The van der Waals surface area contributed by atoms with E-state index in [0.29, 0.717) is 10.0 Å². The number of aryl methyl sites for hydroxylation is 2. The summed E-state index contributed by atoms with van der Waals surface area (Å²) in [6.45, 7) is 3.82. The molecule has 118 valence electrons. The van der Waals surface area contributed by atoms with E-state index >= 15 is 0 Å². The van der Waals surface area contributed by atoms with Crippen molar-refractivity contribution >= 4 is 32.2 Å². The van der Waals surface area contributed by atoms with Crippen LogP contribution in [0.4, 0.5) is 5.13 Å². The summed E-state index contributed by atoms with van der Waals surface area (Å²) in [6.07, 6.45) is 0.441. The SMILES string of the molecule is Cc1nc(NC(=O)CCCS(=O)(=O)c2ccccc2)sc1C. The minimum Gasteiger partial charge on any atom is -0.302 e. The van der Waals surface area contributed by atoms with E-state index in [1.54, 1.807) is 30.3 Å². The first-order chi connectivity index (χ1) is 10.4. The standard InChI is InChI=1S/C15H18N2O3S2/c1-11-12(2)21-15(16-11)17-14(18)9-6-10-22(19,20)13-7-4-3-5-8-13/h3-5,7-8H,6,9-10H2,1-2H3,(H,16,17,18). The molecule has 0 aliphatic heterocycles. The van der Waals surface area contributed by atoms with Gasteiger partial charge in [-0.2, -0.15) is 0 Å². The Kier molecular flexibility index (Phi) is 5.31. The fraction of sp³-hybridized carbons (Fsp3) is 0.333. The molecule has 0 saturated carbocycles. The van der Waals surface area contributed by atoms with Gasteiger partial charge in [0.15, 0.2) is 15.0 Å². The van der Waals surface area contributed by atoms with Crippen LogP contribution in [0.25, 0.3) is 0 Å². The first-order valence-corrected chi connectivity index (χ1v) is 9.37. The molecule has 0 bridgehead atoms. The van der Waals surface area contributed by atoms with Crippen molar-refractivity contribution in [2.24, 2.45) is 0 Å². The van der Waals surface area contributed by atoms with E-state index in [1.165, 1.54) is 11.3 Å². The third-order valence-corrected chi connectivity index (χ3v) is 6.00. The van der Waals surface area contributed by atoms with Crippen molar-refractivity contribution < 1.29 is 13.2 Å².